The average Bonchev–Trinajstić information content (AvgIpc) is 2.13. The van der Waals surface area contributed by atoms with E-state index in [1.54, 1.807) is 12.1 Å². The van der Waals surface area contributed by atoms with Gasteiger partial charge in [-0.2, -0.15) is 0 Å². The number of rotatable bonds is 3. The van der Waals surface area contributed by atoms with Gasteiger partial charge in [-0.3, -0.25) is 0 Å². The Morgan fingerprint density at radius 3 is 3.00 bits per heavy atom. The highest BCUT2D eigenvalue weighted by molar-refractivity contribution is 5.61. The maximum Gasteiger partial charge on any atom is 0.146 e. The lowest BCUT2D eigenvalue weighted by Crippen LogP contribution is -1.97. The van der Waals surface area contributed by atoms with Gasteiger partial charge < -0.3 is 15.6 Å². The van der Waals surface area contributed by atoms with Crippen LogP contribution in [0.5, 0.6) is 11.5 Å². The number of anilines is 1. The number of para-hydroxylation sites is 1. The van der Waals surface area contributed by atoms with E-state index in [1.165, 1.54) is 6.07 Å². The van der Waals surface area contributed by atoms with Crippen molar-refractivity contribution in [1.82, 2.24) is 0 Å². The summed E-state index contributed by atoms with van der Waals surface area (Å²) in [7, 11) is 0. The van der Waals surface area contributed by atoms with Gasteiger partial charge in [0.15, 0.2) is 0 Å². The van der Waals surface area contributed by atoms with Crippen LogP contribution in [0.4, 0.5) is 5.69 Å². The van der Waals surface area contributed by atoms with Gasteiger partial charge in [0, 0.05) is 0 Å². The molecule has 0 fully saturated rings. The number of hydrogen-bond acceptors (Lipinski definition) is 3. The molecule has 0 amide bonds. The largest absolute Gasteiger partial charge is 0.506 e. The zero-order valence-corrected chi connectivity index (χ0v) is 7.53. The Bertz CT molecular complexity index is 308. The van der Waals surface area contributed by atoms with Crippen LogP contribution in [0.2, 0.25) is 0 Å². The van der Waals surface area contributed by atoms with E-state index < -0.39 is 0 Å². The molecule has 1 aromatic carbocycles. The standard InChI is InChI=1S/C10H13NO2/c1-2-3-7-13-9-6-4-5-8(12)10(9)11/h2-6,12H,7,11H2,1H3/b3-2+. The van der Waals surface area contributed by atoms with Gasteiger partial charge in [-0.25, -0.2) is 0 Å². The average molecular weight is 179 g/mol. The molecule has 3 heteroatoms. The van der Waals surface area contributed by atoms with Gasteiger partial charge in [0.25, 0.3) is 0 Å². The van der Waals surface area contributed by atoms with Crippen LogP contribution in [-0.2, 0) is 0 Å². The van der Waals surface area contributed by atoms with Gasteiger partial charge in [-0.15, -0.1) is 0 Å². The van der Waals surface area contributed by atoms with Gasteiger partial charge in [-0.1, -0.05) is 18.2 Å². The molecule has 0 aliphatic rings. The van der Waals surface area contributed by atoms with Crippen LogP contribution in [0.25, 0.3) is 0 Å². The minimum atomic E-state index is 0.0537. The molecule has 70 valence electrons. The molecule has 3 N–H and O–H groups in total. The molecular formula is C10H13NO2. The first kappa shape index (κ1) is 9.45. The first-order valence-corrected chi connectivity index (χ1v) is 4.07. The minimum Gasteiger partial charge on any atom is -0.506 e. The number of nitrogen functional groups attached to an aromatic ring is 1. The summed E-state index contributed by atoms with van der Waals surface area (Å²) in [5.41, 5.74) is 5.85. The fraction of sp³-hybridized carbons (Fsp3) is 0.200. The van der Waals surface area contributed by atoms with E-state index in [0.29, 0.717) is 12.4 Å². The Kier molecular flexibility index (Phi) is 3.20. The number of aromatic hydroxyl groups is 1. The van der Waals surface area contributed by atoms with Crippen molar-refractivity contribution >= 4 is 5.69 Å². The van der Waals surface area contributed by atoms with Crippen LogP contribution in [-0.4, -0.2) is 11.7 Å². The molecule has 0 atom stereocenters. The molecule has 0 saturated carbocycles. The Hall–Kier alpha value is -1.64. The molecule has 0 aliphatic carbocycles. The summed E-state index contributed by atoms with van der Waals surface area (Å²) in [5.74, 6) is 0.566. The van der Waals surface area contributed by atoms with Crippen molar-refractivity contribution in [2.45, 2.75) is 6.92 Å². The van der Waals surface area contributed by atoms with Gasteiger partial charge in [0.1, 0.15) is 23.8 Å². The van der Waals surface area contributed by atoms with Crippen molar-refractivity contribution in [1.29, 1.82) is 0 Å². The molecule has 0 bridgehead atoms. The van der Waals surface area contributed by atoms with Crippen LogP contribution in [0.1, 0.15) is 6.92 Å². The third-order valence-electron chi connectivity index (χ3n) is 1.61. The number of nitrogens with two attached hydrogens (primary N) is 1. The van der Waals surface area contributed by atoms with Gasteiger partial charge in [-0.05, 0) is 19.1 Å². The molecule has 0 aromatic heterocycles. The van der Waals surface area contributed by atoms with Crippen molar-refractivity contribution in [3.8, 4) is 11.5 Å². The number of hydrogen-bond donors (Lipinski definition) is 2. The summed E-state index contributed by atoms with van der Waals surface area (Å²) in [6.45, 7) is 2.37. The maximum atomic E-state index is 9.23. The molecule has 0 aliphatic heterocycles. The van der Waals surface area contributed by atoms with Crippen molar-refractivity contribution in [3.63, 3.8) is 0 Å². The van der Waals surface area contributed by atoms with E-state index in [0.717, 1.165) is 0 Å². The molecule has 1 aromatic rings. The summed E-state index contributed by atoms with van der Waals surface area (Å²) >= 11 is 0. The van der Waals surface area contributed by atoms with E-state index in [4.69, 9.17) is 10.5 Å². The Morgan fingerprint density at radius 1 is 1.54 bits per heavy atom. The predicted molar refractivity (Wildman–Crippen MR) is 52.8 cm³/mol. The van der Waals surface area contributed by atoms with Gasteiger partial charge in [0.2, 0.25) is 0 Å². The van der Waals surface area contributed by atoms with E-state index in [-0.39, 0.29) is 11.4 Å². The Labute approximate surface area is 77.4 Å². The summed E-state index contributed by atoms with van der Waals surface area (Å²) < 4.78 is 5.29. The monoisotopic (exact) mass is 179 g/mol. The predicted octanol–water partition coefficient (Wildman–Crippen LogP) is 1.93. The van der Waals surface area contributed by atoms with E-state index in [1.807, 2.05) is 19.1 Å². The molecule has 0 saturated heterocycles. The summed E-state index contributed by atoms with van der Waals surface area (Å²) in [6, 6.07) is 4.94. The highest BCUT2D eigenvalue weighted by Crippen LogP contribution is 2.29. The van der Waals surface area contributed by atoms with Crippen molar-refractivity contribution in [2.75, 3.05) is 12.3 Å². The second-order valence-electron chi connectivity index (χ2n) is 2.57. The number of ether oxygens (including phenoxy) is 1. The van der Waals surface area contributed by atoms with Crippen LogP contribution < -0.4 is 10.5 Å². The molecule has 1 rings (SSSR count). The fourth-order valence-corrected chi connectivity index (χ4v) is 0.892. The zero-order chi connectivity index (χ0) is 9.68. The smallest absolute Gasteiger partial charge is 0.146 e. The van der Waals surface area contributed by atoms with Crippen LogP contribution in [0, 0.1) is 0 Å². The third-order valence-corrected chi connectivity index (χ3v) is 1.61. The highest BCUT2D eigenvalue weighted by atomic mass is 16.5. The lowest BCUT2D eigenvalue weighted by atomic mass is 10.3. The second-order valence-corrected chi connectivity index (χ2v) is 2.57. The zero-order valence-electron chi connectivity index (χ0n) is 7.53. The number of phenols is 1. The van der Waals surface area contributed by atoms with E-state index in [2.05, 4.69) is 0 Å². The molecule has 0 unspecified atom stereocenters. The minimum absolute atomic E-state index is 0.0537. The Morgan fingerprint density at radius 2 is 2.31 bits per heavy atom. The fourth-order valence-electron chi connectivity index (χ4n) is 0.892. The molecule has 0 heterocycles. The van der Waals surface area contributed by atoms with Crippen LogP contribution in [0.3, 0.4) is 0 Å². The van der Waals surface area contributed by atoms with Crippen molar-refractivity contribution < 1.29 is 9.84 Å². The molecule has 3 nitrogen and oxygen atoms in total. The Balaban J connectivity index is 2.71. The summed E-state index contributed by atoms with van der Waals surface area (Å²) in [4.78, 5) is 0. The number of benzene rings is 1. The molecular weight excluding hydrogens is 166 g/mol. The number of phenolic OH excluding ortho intramolecular Hbond substituents is 1. The van der Waals surface area contributed by atoms with Gasteiger partial charge >= 0.3 is 0 Å². The quantitative estimate of drug-likeness (QED) is 0.423. The van der Waals surface area contributed by atoms with Crippen LogP contribution >= 0.6 is 0 Å². The van der Waals surface area contributed by atoms with E-state index >= 15 is 0 Å². The van der Waals surface area contributed by atoms with Crippen molar-refractivity contribution in [2.24, 2.45) is 0 Å². The highest BCUT2D eigenvalue weighted by Gasteiger charge is 2.02. The molecule has 0 spiro atoms. The normalized spacial score (nSPS) is 10.5. The summed E-state index contributed by atoms with van der Waals surface area (Å²) in [6.07, 6.45) is 3.75. The van der Waals surface area contributed by atoms with Crippen molar-refractivity contribution in [3.05, 3.63) is 30.4 Å². The lowest BCUT2D eigenvalue weighted by Gasteiger charge is -2.07. The lowest BCUT2D eigenvalue weighted by molar-refractivity contribution is 0.362. The first-order chi connectivity index (χ1) is 6.25. The van der Waals surface area contributed by atoms with Crippen LogP contribution in [0.15, 0.2) is 30.4 Å². The second kappa shape index (κ2) is 4.40. The SMILES string of the molecule is C/C=C/COc1cccc(O)c1N. The maximum absolute atomic E-state index is 9.23. The van der Waals surface area contributed by atoms with E-state index in [9.17, 15) is 5.11 Å². The van der Waals surface area contributed by atoms with Gasteiger partial charge in [0.05, 0.1) is 0 Å². The third kappa shape index (κ3) is 2.40. The molecule has 0 radical (unpaired) electrons. The number of allylic oxidation sites excluding steroid dienone is 1. The first-order valence-electron chi connectivity index (χ1n) is 4.07. The molecule has 13 heavy (non-hydrogen) atoms. The summed E-state index contributed by atoms with van der Waals surface area (Å²) in [5, 5.41) is 9.23. The topological polar surface area (TPSA) is 55.5 Å².